The topological polar surface area (TPSA) is 29.5 Å². The van der Waals surface area contributed by atoms with Gasteiger partial charge < -0.3 is 9.53 Å². The molecule has 1 aliphatic carbocycles. The van der Waals surface area contributed by atoms with E-state index in [4.69, 9.17) is 4.43 Å². The summed E-state index contributed by atoms with van der Waals surface area (Å²) in [6.07, 6.45) is 11.7. The van der Waals surface area contributed by atoms with E-state index in [0.717, 1.165) is 32.1 Å². The Labute approximate surface area is 182 Å². The Morgan fingerprint density at radius 3 is 2.17 bits per heavy atom. The summed E-state index contributed by atoms with van der Waals surface area (Å²) in [4.78, 5) is 0. The zero-order valence-electron chi connectivity index (χ0n) is 20.9. The maximum Gasteiger partial charge on any atom is 0.192 e. The van der Waals surface area contributed by atoms with E-state index >= 15 is 0 Å². The van der Waals surface area contributed by atoms with E-state index in [1.165, 1.54) is 16.7 Å². The number of allylic oxidation sites excluding steroid dienone is 3. The monoisotopic (exact) mass is 420 g/mol. The van der Waals surface area contributed by atoms with Crippen molar-refractivity contribution in [2.45, 2.75) is 118 Å². The molecule has 29 heavy (non-hydrogen) atoms. The first-order valence-electron chi connectivity index (χ1n) is 11.6. The summed E-state index contributed by atoms with van der Waals surface area (Å²) in [6, 6.07) is 0. The molecule has 0 fully saturated rings. The van der Waals surface area contributed by atoms with E-state index in [1.807, 2.05) is 0 Å². The third-order valence-electron chi connectivity index (χ3n) is 6.90. The second kappa shape index (κ2) is 11.1. The molecule has 1 rings (SSSR count). The highest BCUT2D eigenvalue weighted by molar-refractivity contribution is 6.74. The Morgan fingerprint density at radius 2 is 1.62 bits per heavy atom. The van der Waals surface area contributed by atoms with Gasteiger partial charge in [0.25, 0.3) is 0 Å². The normalized spacial score (nSPS) is 31.9. The third kappa shape index (κ3) is 8.94. The fourth-order valence-electron chi connectivity index (χ4n) is 3.83. The van der Waals surface area contributed by atoms with Crippen LogP contribution in [0.2, 0.25) is 18.1 Å². The lowest BCUT2D eigenvalue weighted by molar-refractivity contribution is 0.115. The fourth-order valence-corrected chi connectivity index (χ4v) is 5.09. The fraction of sp³-hybridized carbons (Fsp3) is 0.769. The minimum atomic E-state index is -1.87. The van der Waals surface area contributed by atoms with Gasteiger partial charge in [0.15, 0.2) is 8.32 Å². The molecule has 0 aromatic carbocycles. The second-order valence-electron chi connectivity index (χ2n) is 11.2. The average molecular weight is 421 g/mol. The summed E-state index contributed by atoms with van der Waals surface area (Å²) in [5.41, 5.74) is 4.09. The molecule has 0 saturated heterocycles. The Morgan fingerprint density at radius 1 is 1.00 bits per heavy atom. The molecule has 0 spiro atoms. The van der Waals surface area contributed by atoms with Crippen LogP contribution in [0.25, 0.3) is 0 Å². The van der Waals surface area contributed by atoms with Gasteiger partial charge >= 0.3 is 0 Å². The highest BCUT2D eigenvalue weighted by Crippen LogP contribution is 2.38. The van der Waals surface area contributed by atoms with Crippen molar-refractivity contribution in [3.63, 3.8) is 0 Å². The SMILES string of the molecule is C/C1=C\[C@H](O[Si](C)(C)C(C)(C)C)C/C(C)=C/[C@H](O)C(C(C)C)CC/C(C)=C/CC1. The van der Waals surface area contributed by atoms with Crippen molar-refractivity contribution < 1.29 is 9.53 Å². The molecule has 1 N–H and O–H groups in total. The summed E-state index contributed by atoms with van der Waals surface area (Å²) >= 11 is 0. The van der Waals surface area contributed by atoms with Crippen LogP contribution in [0.3, 0.4) is 0 Å². The Kier molecular flexibility index (Phi) is 10.1. The van der Waals surface area contributed by atoms with Gasteiger partial charge in [-0.3, -0.25) is 0 Å². The molecule has 3 atom stereocenters. The van der Waals surface area contributed by atoms with Crippen molar-refractivity contribution in [3.05, 3.63) is 34.9 Å². The van der Waals surface area contributed by atoms with E-state index in [0.29, 0.717) is 11.8 Å². The molecule has 168 valence electrons. The molecule has 0 aliphatic heterocycles. The second-order valence-corrected chi connectivity index (χ2v) is 15.9. The standard InChI is InChI=1S/C26H48O2Si/c1-19(2)24-15-14-20(3)12-11-13-21(4)16-23(17-22(5)18-25(24)27)28-29(9,10)26(6,7)8/h12,16,18-19,23-25,27H,11,13-15,17H2,1-10H3/b20-12+,21-16+,22-18+/t23-,24?,25-/m0/s1. The van der Waals surface area contributed by atoms with E-state index in [9.17, 15) is 5.11 Å². The largest absolute Gasteiger partial charge is 0.410 e. The van der Waals surface area contributed by atoms with Crippen LogP contribution in [-0.2, 0) is 4.43 Å². The quantitative estimate of drug-likeness (QED) is 0.372. The average Bonchev–Trinajstić information content (AvgIpc) is 2.51. The maximum absolute atomic E-state index is 11.0. The zero-order chi connectivity index (χ0) is 22.4. The van der Waals surface area contributed by atoms with Crippen molar-refractivity contribution in [2.24, 2.45) is 11.8 Å². The number of rotatable bonds is 3. The van der Waals surface area contributed by atoms with Gasteiger partial charge in [-0.2, -0.15) is 0 Å². The van der Waals surface area contributed by atoms with E-state index < -0.39 is 8.32 Å². The molecule has 0 amide bonds. The van der Waals surface area contributed by atoms with Gasteiger partial charge in [-0.05, 0) is 82.8 Å². The molecule has 2 nitrogen and oxygen atoms in total. The van der Waals surface area contributed by atoms with E-state index in [2.05, 4.69) is 86.7 Å². The van der Waals surface area contributed by atoms with Crippen molar-refractivity contribution in [2.75, 3.05) is 0 Å². The van der Waals surface area contributed by atoms with Gasteiger partial charge in [0, 0.05) is 0 Å². The molecule has 0 radical (unpaired) electrons. The molecule has 1 unspecified atom stereocenters. The van der Waals surface area contributed by atoms with Crippen LogP contribution in [0, 0.1) is 11.8 Å². The molecule has 3 heteroatoms. The van der Waals surface area contributed by atoms with E-state index in [-0.39, 0.29) is 17.2 Å². The summed E-state index contributed by atoms with van der Waals surface area (Å²) < 4.78 is 6.80. The first-order chi connectivity index (χ1) is 13.2. The molecular weight excluding hydrogens is 372 g/mol. The summed E-state index contributed by atoms with van der Waals surface area (Å²) in [7, 11) is -1.87. The lowest BCUT2D eigenvalue weighted by atomic mass is 9.84. The maximum atomic E-state index is 11.0. The molecule has 1 aliphatic rings. The van der Waals surface area contributed by atoms with Crippen LogP contribution in [-0.4, -0.2) is 25.6 Å². The number of aliphatic hydroxyl groups is 1. The van der Waals surface area contributed by atoms with Crippen LogP contribution < -0.4 is 0 Å². The Hall–Kier alpha value is -0.643. The molecule has 0 aromatic heterocycles. The van der Waals surface area contributed by atoms with Crippen LogP contribution in [0.1, 0.15) is 87.5 Å². The lowest BCUT2D eigenvalue weighted by Crippen LogP contribution is -2.43. The van der Waals surface area contributed by atoms with Crippen LogP contribution >= 0.6 is 0 Å². The molecular formula is C26H48O2Si. The van der Waals surface area contributed by atoms with Gasteiger partial charge in [0.1, 0.15) is 0 Å². The van der Waals surface area contributed by atoms with Crippen molar-refractivity contribution in [3.8, 4) is 0 Å². The smallest absolute Gasteiger partial charge is 0.192 e. The van der Waals surface area contributed by atoms with Crippen LogP contribution in [0.5, 0.6) is 0 Å². The minimum Gasteiger partial charge on any atom is -0.410 e. The van der Waals surface area contributed by atoms with Crippen LogP contribution in [0.4, 0.5) is 0 Å². The van der Waals surface area contributed by atoms with Gasteiger partial charge in [-0.15, -0.1) is 0 Å². The van der Waals surface area contributed by atoms with Crippen molar-refractivity contribution in [1.29, 1.82) is 0 Å². The van der Waals surface area contributed by atoms with Gasteiger partial charge in [0.2, 0.25) is 0 Å². The highest BCUT2D eigenvalue weighted by atomic mass is 28.4. The number of aliphatic hydroxyl groups excluding tert-OH is 1. The molecule has 0 aromatic rings. The van der Waals surface area contributed by atoms with E-state index in [1.54, 1.807) is 0 Å². The summed E-state index contributed by atoms with van der Waals surface area (Å²) in [6.45, 7) is 22.6. The molecule has 0 bridgehead atoms. The predicted octanol–water partition coefficient (Wildman–Crippen LogP) is 7.81. The number of hydrogen-bond donors (Lipinski definition) is 1. The van der Waals surface area contributed by atoms with Crippen molar-refractivity contribution >= 4 is 8.32 Å². The lowest BCUT2D eigenvalue weighted by Gasteiger charge is -2.39. The van der Waals surface area contributed by atoms with Gasteiger partial charge in [-0.1, -0.05) is 69.6 Å². The first kappa shape index (κ1) is 26.4. The summed E-state index contributed by atoms with van der Waals surface area (Å²) in [5, 5.41) is 11.2. The van der Waals surface area contributed by atoms with Crippen molar-refractivity contribution in [1.82, 2.24) is 0 Å². The van der Waals surface area contributed by atoms with Crippen LogP contribution in [0.15, 0.2) is 34.9 Å². The van der Waals surface area contributed by atoms with Gasteiger partial charge in [-0.25, -0.2) is 0 Å². The first-order valence-corrected chi connectivity index (χ1v) is 14.5. The Balaban J connectivity index is 3.22. The summed E-state index contributed by atoms with van der Waals surface area (Å²) in [5.74, 6) is 0.768. The molecule has 0 heterocycles. The Bertz CT molecular complexity index is 605. The minimum absolute atomic E-state index is 0.0878. The third-order valence-corrected chi connectivity index (χ3v) is 11.4. The number of hydrogen-bond acceptors (Lipinski definition) is 2. The highest BCUT2D eigenvalue weighted by Gasteiger charge is 2.38. The molecule has 0 saturated carbocycles. The predicted molar refractivity (Wildman–Crippen MR) is 131 cm³/mol. The van der Waals surface area contributed by atoms with Gasteiger partial charge in [0.05, 0.1) is 12.2 Å². The zero-order valence-corrected chi connectivity index (χ0v) is 21.9.